The number of nitrogens with one attached hydrogen (secondary N) is 1. The van der Waals surface area contributed by atoms with Gasteiger partial charge < -0.3 is 19.3 Å². The number of carbonyl (C=O) groups excluding carboxylic acids is 1. The Labute approximate surface area is 197 Å². The summed E-state index contributed by atoms with van der Waals surface area (Å²) in [7, 11) is 0. The van der Waals surface area contributed by atoms with Crippen LogP contribution in [0.25, 0.3) is 33.9 Å². The number of rotatable bonds is 5. The lowest BCUT2D eigenvalue weighted by Gasteiger charge is -2.12. The fourth-order valence-corrected chi connectivity index (χ4v) is 3.93. The first-order valence-corrected chi connectivity index (χ1v) is 10.7. The number of anilines is 1. The molecular formula is C25H17N5O5. The van der Waals surface area contributed by atoms with Crippen molar-refractivity contribution in [1.82, 2.24) is 19.7 Å². The number of fused-ring (bicyclic) bond motifs is 2. The van der Waals surface area contributed by atoms with Crippen molar-refractivity contribution >= 4 is 22.5 Å². The monoisotopic (exact) mass is 467 g/mol. The average Bonchev–Trinajstić information content (AvgIpc) is 3.56. The summed E-state index contributed by atoms with van der Waals surface area (Å²) in [4.78, 5) is 34.5. The van der Waals surface area contributed by atoms with Gasteiger partial charge >= 0.3 is 0 Å². The van der Waals surface area contributed by atoms with E-state index in [0.29, 0.717) is 45.2 Å². The molecule has 0 atom stereocenters. The number of ether oxygens (including phenoxy) is 2. The molecule has 4 heterocycles. The van der Waals surface area contributed by atoms with Crippen molar-refractivity contribution in [3.05, 3.63) is 83.3 Å². The van der Waals surface area contributed by atoms with Gasteiger partial charge in [-0.1, -0.05) is 29.4 Å². The van der Waals surface area contributed by atoms with E-state index in [1.807, 2.05) is 18.2 Å². The van der Waals surface area contributed by atoms with Crippen LogP contribution in [0.3, 0.4) is 0 Å². The highest BCUT2D eigenvalue weighted by Crippen LogP contribution is 2.34. The van der Waals surface area contributed by atoms with Gasteiger partial charge in [-0.25, -0.2) is 0 Å². The highest BCUT2D eigenvalue weighted by atomic mass is 16.7. The standard InChI is InChI=1S/C25H17N5O5/c31-22(27-15-8-9-20-21(11-15)34-14-33-20)13-30-19-7-2-1-5-16(19)17(12-23(30)32)25-28-24(29-35-25)18-6-3-4-10-26-18/h1-12H,13-14H2,(H,27,31). The van der Waals surface area contributed by atoms with E-state index in [9.17, 15) is 9.59 Å². The molecule has 1 aliphatic heterocycles. The number of amides is 1. The topological polar surface area (TPSA) is 121 Å². The molecule has 35 heavy (non-hydrogen) atoms. The average molecular weight is 467 g/mol. The van der Waals surface area contributed by atoms with Crippen LogP contribution in [0.15, 0.2) is 82.2 Å². The Balaban J connectivity index is 1.32. The van der Waals surface area contributed by atoms with Crippen molar-refractivity contribution in [2.75, 3.05) is 12.1 Å². The largest absolute Gasteiger partial charge is 0.454 e. The number of para-hydroxylation sites is 1. The molecule has 6 rings (SSSR count). The van der Waals surface area contributed by atoms with E-state index in [4.69, 9.17) is 14.0 Å². The van der Waals surface area contributed by atoms with Crippen LogP contribution in [0, 0.1) is 0 Å². The van der Waals surface area contributed by atoms with Crippen LogP contribution in [0.1, 0.15) is 0 Å². The van der Waals surface area contributed by atoms with Crippen molar-refractivity contribution in [3.63, 3.8) is 0 Å². The number of carbonyl (C=O) groups is 1. The molecule has 172 valence electrons. The molecule has 1 aliphatic rings. The zero-order chi connectivity index (χ0) is 23.8. The summed E-state index contributed by atoms with van der Waals surface area (Å²) in [5.74, 6) is 1.32. The molecule has 0 unspecified atom stereocenters. The van der Waals surface area contributed by atoms with Gasteiger partial charge in [0.05, 0.1) is 11.1 Å². The number of benzene rings is 2. The van der Waals surface area contributed by atoms with Crippen molar-refractivity contribution < 1.29 is 18.8 Å². The molecular weight excluding hydrogens is 450 g/mol. The van der Waals surface area contributed by atoms with Crippen molar-refractivity contribution in [2.45, 2.75) is 6.54 Å². The van der Waals surface area contributed by atoms with Gasteiger partial charge in [0.15, 0.2) is 11.5 Å². The Bertz CT molecular complexity index is 1630. The first-order valence-electron chi connectivity index (χ1n) is 10.7. The number of nitrogens with zero attached hydrogens (tertiary/aromatic N) is 4. The van der Waals surface area contributed by atoms with Gasteiger partial charge in [-0.05, 0) is 30.3 Å². The molecule has 5 aromatic rings. The van der Waals surface area contributed by atoms with E-state index in [2.05, 4.69) is 20.4 Å². The molecule has 0 spiro atoms. The van der Waals surface area contributed by atoms with Crippen molar-refractivity contribution in [1.29, 1.82) is 0 Å². The summed E-state index contributed by atoms with van der Waals surface area (Å²) in [6.07, 6.45) is 1.64. The summed E-state index contributed by atoms with van der Waals surface area (Å²) >= 11 is 0. The van der Waals surface area contributed by atoms with Crippen LogP contribution in [0.5, 0.6) is 11.5 Å². The molecule has 0 saturated carbocycles. The Kier molecular flexibility index (Phi) is 4.95. The van der Waals surface area contributed by atoms with Crippen LogP contribution in [-0.4, -0.2) is 32.4 Å². The van der Waals surface area contributed by atoms with Gasteiger partial charge in [-0.3, -0.25) is 19.1 Å². The van der Waals surface area contributed by atoms with E-state index in [1.54, 1.807) is 48.7 Å². The quantitative estimate of drug-likeness (QED) is 0.417. The van der Waals surface area contributed by atoms with E-state index in [0.717, 1.165) is 0 Å². The Hall–Kier alpha value is -4.99. The predicted molar refractivity (Wildman–Crippen MR) is 126 cm³/mol. The van der Waals surface area contributed by atoms with Gasteiger partial charge in [0.25, 0.3) is 11.4 Å². The second-order valence-electron chi connectivity index (χ2n) is 7.75. The molecule has 0 bridgehead atoms. The lowest BCUT2D eigenvalue weighted by atomic mass is 10.1. The molecule has 0 radical (unpaired) electrons. The van der Waals surface area contributed by atoms with Crippen LogP contribution in [0.4, 0.5) is 5.69 Å². The summed E-state index contributed by atoms with van der Waals surface area (Å²) in [5.41, 5.74) is 1.76. The van der Waals surface area contributed by atoms with Crippen LogP contribution in [0.2, 0.25) is 0 Å². The van der Waals surface area contributed by atoms with Crippen LogP contribution < -0.4 is 20.3 Å². The van der Waals surface area contributed by atoms with E-state index in [-0.39, 0.29) is 30.7 Å². The summed E-state index contributed by atoms with van der Waals surface area (Å²) in [5, 5.41) is 7.49. The molecule has 0 aliphatic carbocycles. The SMILES string of the molecule is O=C(Cn1c(=O)cc(-c2nc(-c3ccccn3)no2)c2ccccc21)Nc1ccc2c(c1)OCO2. The molecule has 0 fully saturated rings. The Morgan fingerprint density at radius 3 is 2.74 bits per heavy atom. The second-order valence-corrected chi connectivity index (χ2v) is 7.75. The highest BCUT2D eigenvalue weighted by Gasteiger charge is 2.19. The first kappa shape index (κ1) is 20.6. The fourth-order valence-electron chi connectivity index (χ4n) is 3.93. The van der Waals surface area contributed by atoms with E-state index in [1.165, 1.54) is 10.6 Å². The van der Waals surface area contributed by atoms with Crippen LogP contribution in [-0.2, 0) is 11.3 Å². The van der Waals surface area contributed by atoms with Crippen LogP contribution >= 0.6 is 0 Å². The maximum Gasteiger partial charge on any atom is 0.259 e. The van der Waals surface area contributed by atoms with Crippen molar-refractivity contribution in [3.8, 4) is 34.5 Å². The summed E-state index contributed by atoms with van der Waals surface area (Å²) < 4.78 is 17.5. The molecule has 1 N–H and O–H groups in total. The maximum absolute atomic E-state index is 13.1. The number of hydrogen-bond donors (Lipinski definition) is 1. The lowest BCUT2D eigenvalue weighted by molar-refractivity contribution is -0.116. The summed E-state index contributed by atoms with van der Waals surface area (Å²) in [6.45, 7) is -0.0407. The van der Waals surface area contributed by atoms with Crippen molar-refractivity contribution in [2.24, 2.45) is 0 Å². The van der Waals surface area contributed by atoms with E-state index >= 15 is 0 Å². The molecule has 3 aromatic heterocycles. The van der Waals surface area contributed by atoms with Gasteiger partial charge in [0.1, 0.15) is 12.2 Å². The first-order chi connectivity index (χ1) is 17.2. The van der Waals surface area contributed by atoms with E-state index < -0.39 is 0 Å². The number of aromatic nitrogens is 4. The third kappa shape index (κ3) is 3.86. The van der Waals surface area contributed by atoms with Gasteiger partial charge in [0, 0.05) is 29.4 Å². The third-order valence-electron chi connectivity index (χ3n) is 5.53. The third-order valence-corrected chi connectivity index (χ3v) is 5.53. The Morgan fingerprint density at radius 2 is 1.86 bits per heavy atom. The molecule has 1 amide bonds. The Morgan fingerprint density at radius 1 is 1.00 bits per heavy atom. The van der Waals surface area contributed by atoms with Gasteiger partial charge in [-0.2, -0.15) is 4.98 Å². The molecule has 0 saturated heterocycles. The molecule has 2 aromatic carbocycles. The minimum atomic E-state index is -0.378. The fraction of sp³-hybridized carbons (Fsp3) is 0.0800. The number of pyridine rings is 2. The zero-order valence-corrected chi connectivity index (χ0v) is 18.2. The maximum atomic E-state index is 13.1. The normalized spacial score (nSPS) is 12.1. The second kappa shape index (κ2) is 8.41. The minimum absolute atomic E-state index is 0.143. The molecule has 10 heteroatoms. The highest BCUT2D eigenvalue weighted by molar-refractivity contribution is 5.95. The minimum Gasteiger partial charge on any atom is -0.454 e. The lowest BCUT2D eigenvalue weighted by Crippen LogP contribution is -2.27. The predicted octanol–water partition coefficient (Wildman–Crippen LogP) is 3.48. The van der Waals surface area contributed by atoms with Gasteiger partial charge in [0.2, 0.25) is 18.5 Å². The van der Waals surface area contributed by atoms with Gasteiger partial charge in [-0.15, -0.1) is 0 Å². The number of hydrogen-bond acceptors (Lipinski definition) is 8. The molecule has 10 nitrogen and oxygen atoms in total. The summed E-state index contributed by atoms with van der Waals surface area (Å²) in [6, 6.07) is 19.1. The smallest absolute Gasteiger partial charge is 0.259 e. The zero-order valence-electron chi connectivity index (χ0n) is 18.2.